The Morgan fingerprint density at radius 1 is 1.21 bits per heavy atom. The molecule has 1 aromatic heterocycles. The van der Waals surface area contributed by atoms with Gasteiger partial charge in [0.25, 0.3) is 0 Å². The zero-order valence-electron chi connectivity index (χ0n) is 22.1. The first-order chi connectivity index (χ1) is 18.1. The first-order valence-electron chi connectivity index (χ1n) is 13.1. The zero-order chi connectivity index (χ0) is 27.4. The smallest absolute Gasteiger partial charge is 0.245 e. The van der Waals surface area contributed by atoms with Gasteiger partial charge in [-0.1, -0.05) is 51.9 Å². The molecule has 4 rings (SSSR count). The Balaban J connectivity index is 1.46. The molecule has 2 aliphatic heterocycles. The highest BCUT2D eigenvalue weighted by Crippen LogP contribution is 2.34. The van der Waals surface area contributed by atoms with E-state index in [4.69, 9.17) is 32.9 Å². The molecule has 38 heavy (non-hydrogen) atoms. The maximum atomic E-state index is 13.8. The van der Waals surface area contributed by atoms with Crippen LogP contribution in [-0.2, 0) is 16.0 Å². The van der Waals surface area contributed by atoms with Gasteiger partial charge in [-0.25, -0.2) is 0 Å². The van der Waals surface area contributed by atoms with E-state index in [-0.39, 0.29) is 21.8 Å². The van der Waals surface area contributed by atoms with Crippen LogP contribution in [-0.4, -0.2) is 81.9 Å². The lowest BCUT2D eigenvalue weighted by Crippen LogP contribution is -2.52. The number of amides is 2. The largest absolute Gasteiger partial charge is 0.489 e. The van der Waals surface area contributed by atoms with E-state index < -0.39 is 6.04 Å². The Morgan fingerprint density at radius 2 is 1.95 bits per heavy atom. The number of benzene rings is 1. The van der Waals surface area contributed by atoms with Crippen LogP contribution in [0.2, 0.25) is 10.0 Å². The number of hydrogen-bond donors (Lipinski definition) is 0. The predicted octanol–water partition coefficient (Wildman–Crippen LogP) is 5.34. The normalized spacial score (nSPS) is 18.2. The summed E-state index contributed by atoms with van der Waals surface area (Å²) in [6, 6.07) is 6.80. The van der Waals surface area contributed by atoms with E-state index >= 15 is 0 Å². The summed E-state index contributed by atoms with van der Waals surface area (Å²) in [5.41, 5.74) is 2.84. The highest BCUT2D eigenvalue weighted by atomic mass is 127. The number of halogens is 3. The second-order valence-corrected chi connectivity index (χ2v) is 12.6. The number of aromatic nitrogens is 1. The molecular formula is C28H35Cl2IN4O3. The number of hydrogen-bond acceptors (Lipinski definition) is 5. The fourth-order valence-corrected chi connectivity index (χ4v) is 5.76. The van der Waals surface area contributed by atoms with Crippen molar-refractivity contribution >= 4 is 57.6 Å². The number of likely N-dealkylation sites (N-methyl/N-ethyl adjacent to an activating group) is 1. The minimum atomic E-state index is -0.566. The van der Waals surface area contributed by atoms with Gasteiger partial charge in [0.05, 0.1) is 9.74 Å². The molecule has 0 saturated carbocycles. The van der Waals surface area contributed by atoms with Crippen LogP contribution in [0.3, 0.4) is 0 Å². The van der Waals surface area contributed by atoms with Crippen LogP contribution < -0.4 is 4.74 Å². The van der Waals surface area contributed by atoms with Gasteiger partial charge in [-0.2, -0.15) is 0 Å². The van der Waals surface area contributed by atoms with Crippen LogP contribution in [0, 0.1) is 6.92 Å². The highest BCUT2D eigenvalue weighted by molar-refractivity contribution is 14.1. The molecule has 206 valence electrons. The second kappa shape index (κ2) is 13.2. The Bertz CT molecular complexity index is 1160. The molecule has 2 amide bonds. The Kier molecular flexibility index (Phi) is 10.2. The first-order valence-corrected chi connectivity index (χ1v) is 15.1. The summed E-state index contributed by atoms with van der Waals surface area (Å²) in [5.74, 6) is 1.05. The molecule has 0 bridgehead atoms. The molecular weight excluding hydrogens is 638 g/mol. The topological polar surface area (TPSA) is 66.0 Å². The maximum Gasteiger partial charge on any atom is 0.245 e. The van der Waals surface area contributed by atoms with Gasteiger partial charge in [0, 0.05) is 54.6 Å². The van der Waals surface area contributed by atoms with Crippen molar-refractivity contribution in [2.24, 2.45) is 0 Å². The number of aryl methyl sites for hydroxylation is 1. The van der Waals surface area contributed by atoms with Gasteiger partial charge in [0.15, 0.2) is 0 Å². The number of carbonyl (C=O) groups excluding carboxylic acids is 2. The average molecular weight is 673 g/mol. The van der Waals surface area contributed by atoms with E-state index in [2.05, 4.69) is 33.6 Å². The average Bonchev–Trinajstić information content (AvgIpc) is 3.32. The van der Waals surface area contributed by atoms with Crippen LogP contribution in [0.4, 0.5) is 0 Å². The predicted molar refractivity (Wildman–Crippen MR) is 159 cm³/mol. The number of likely N-dealkylation sites (tertiary alicyclic amines) is 2. The second-order valence-electron chi connectivity index (χ2n) is 10.4. The fraction of sp³-hybridized carbons (Fsp3) is 0.536. The number of carbonyl (C=O) groups is 2. The van der Waals surface area contributed by atoms with Crippen molar-refractivity contribution in [2.45, 2.75) is 55.0 Å². The number of pyridine rings is 1. The lowest BCUT2D eigenvalue weighted by molar-refractivity contribution is -0.144. The monoisotopic (exact) mass is 672 g/mol. The van der Waals surface area contributed by atoms with Crippen molar-refractivity contribution in [3.8, 4) is 5.75 Å². The summed E-state index contributed by atoms with van der Waals surface area (Å²) in [6.07, 6.45) is 5.10. The molecule has 0 unspecified atom stereocenters. The molecule has 2 aromatic rings. The molecule has 0 spiro atoms. The third-order valence-corrected chi connectivity index (χ3v) is 9.41. The Labute approximate surface area is 248 Å². The number of rotatable bonds is 9. The van der Waals surface area contributed by atoms with Gasteiger partial charge in [0.2, 0.25) is 11.8 Å². The minimum Gasteiger partial charge on any atom is -0.489 e. The highest BCUT2D eigenvalue weighted by Gasteiger charge is 2.37. The van der Waals surface area contributed by atoms with Gasteiger partial charge in [-0.05, 0) is 69.6 Å². The standard InChI is InChI=1S/C28H35Cl2IN4O3/c1-18-13-24(38-17-25(31)33(2)3)27(32-16-18)19-8-11-34(12-9-19)28(37)23(35-10-4-5-26(35)36)14-20-6-7-21(29)15-22(20)30/h6-7,13,15-16,19,23,25H,4-5,8-12,14,17H2,1-3H3/t23-,25+/m1/s1. The van der Waals surface area contributed by atoms with Crippen molar-refractivity contribution < 1.29 is 14.3 Å². The van der Waals surface area contributed by atoms with E-state index in [1.807, 2.05) is 38.2 Å². The van der Waals surface area contributed by atoms with Gasteiger partial charge in [-0.3, -0.25) is 19.5 Å². The summed E-state index contributed by atoms with van der Waals surface area (Å²) >= 11 is 14.9. The number of ether oxygens (including phenoxy) is 1. The molecule has 3 heterocycles. The van der Waals surface area contributed by atoms with E-state index in [0.717, 1.165) is 41.8 Å². The molecule has 2 atom stereocenters. The molecule has 2 aliphatic rings. The van der Waals surface area contributed by atoms with Crippen LogP contribution in [0.5, 0.6) is 5.75 Å². The van der Waals surface area contributed by atoms with E-state index in [9.17, 15) is 9.59 Å². The van der Waals surface area contributed by atoms with E-state index in [0.29, 0.717) is 49.1 Å². The lowest BCUT2D eigenvalue weighted by Gasteiger charge is -2.37. The summed E-state index contributed by atoms with van der Waals surface area (Å²) in [4.78, 5) is 37.0. The molecule has 7 nitrogen and oxygen atoms in total. The van der Waals surface area contributed by atoms with Gasteiger partial charge in [0.1, 0.15) is 18.4 Å². The number of alkyl halides is 1. The SMILES string of the molecule is Cc1cnc(C2CCN(C(=O)[C@@H](Cc3ccc(Cl)cc3Cl)N3CCCC3=O)CC2)c(OC[C@@H](I)N(C)C)c1. The zero-order valence-corrected chi connectivity index (χ0v) is 25.8. The van der Waals surface area contributed by atoms with Gasteiger partial charge >= 0.3 is 0 Å². The van der Waals surface area contributed by atoms with Crippen molar-refractivity contribution in [1.82, 2.24) is 19.7 Å². The van der Waals surface area contributed by atoms with Crippen molar-refractivity contribution in [2.75, 3.05) is 40.3 Å². The minimum absolute atomic E-state index is 0.0169. The summed E-state index contributed by atoms with van der Waals surface area (Å²) in [5, 5.41) is 1.06. The molecule has 2 saturated heterocycles. The molecule has 0 aliphatic carbocycles. The van der Waals surface area contributed by atoms with Crippen molar-refractivity contribution in [1.29, 1.82) is 0 Å². The quantitative estimate of drug-likeness (QED) is 0.205. The van der Waals surface area contributed by atoms with Crippen molar-refractivity contribution in [3.05, 3.63) is 57.3 Å². The maximum absolute atomic E-state index is 13.8. The molecule has 1 aromatic carbocycles. The summed E-state index contributed by atoms with van der Waals surface area (Å²) in [6.45, 7) is 4.40. The molecule has 2 fully saturated rings. The first kappa shape index (κ1) is 29.4. The summed E-state index contributed by atoms with van der Waals surface area (Å²) in [7, 11) is 4.07. The van der Waals surface area contributed by atoms with Crippen LogP contribution >= 0.6 is 45.8 Å². The molecule has 10 heteroatoms. The molecule has 0 radical (unpaired) electrons. The van der Waals surface area contributed by atoms with Crippen LogP contribution in [0.25, 0.3) is 0 Å². The molecule has 0 N–H and O–H groups in total. The summed E-state index contributed by atoms with van der Waals surface area (Å²) < 4.78 is 6.46. The third kappa shape index (κ3) is 7.11. The van der Waals surface area contributed by atoms with Crippen LogP contribution in [0.15, 0.2) is 30.5 Å². The fourth-order valence-electron chi connectivity index (χ4n) is 5.09. The number of nitrogens with zero attached hydrogens (tertiary/aromatic N) is 4. The van der Waals surface area contributed by atoms with E-state index in [1.165, 1.54) is 0 Å². The lowest BCUT2D eigenvalue weighted by atomic mass is 9.91. The van der Waals surface area contributed by atoms with E-state index in [1.54, 1.807) is 17.0 Å². The number of piperidine rings is 1. The van der Waals surface area contributed by atoms with Crippen molar-refractivity contribution in [3.63, 3.8) is 0 Å². The van der Waals surface area contributed by atoms with Crippen LogP contribution in [0.1, 0.15) is 48.4 Å². The third-order valence-electron chi connectivity index (χ3n) is 7.35. The Hall–Kier alpha value is -1.62. The van der Waals surface area contributed by atoms with Gasteiger partial charge < -0.3 is 14.5 Å². The van der Waals surface area contributed by atoms with Gasteiger partial charge in [-0.15, -0.1) is 0 Å². The Morgan fingerprint density at radius 3 is 2.58 bits per heavy atom.